The number of unbranched alkanes of at least 4 members (excludes halogenated alkanes) is 2. The van der Waals surface area contributed by atoms with Crippen LogP contribution in [0.25, 0.3) is 11.3 Å². The van der Waals surface area contributed by atoms with Crippen LogP contribution in [0.5, 0.6) is 5.75 Å². The van der Waals surface area contributed by atoms with Crippen molar-refractivity contribution in [3.63, 3.8) is 0 Å². The lowest BCUT2D eigenvalue weighted by Gasteiger charge is -2.40. The fourth-order valence-corrected chi connectivity index (χ4v) is 4.05. The van der Waals surface area contributed by atoms with Gasteiger partial charge in [0.2, 0.25) is 0 Å². The molecule has 3 heterocycles. The minimum Gasteiger partial charge on any atom is -0.492 e. The Morgan fingerprint density at radius 2 is 1.90 bits per heavy atom. The number of anilines is 1. The summed E-state index contributed by atoms with van der Waals surface area (Å²) in [6.07, 6.45) is 9.03. The molecule has 1 aliphatic heterocycles. The largest absolute Gasteiger partial charge is 0.492 e. The molecule has 1 saturated heterocycles. The van der Waals surface area contributed by atoms with E-state index in [0.717, 1.165) is 79.1 Å². The fraction of sp³-hybridized carbons (Fsp3) is 0.560. The minimum absolute atomic E-state index is 0.0411. The smallest absolute Gasteiger partial charge is 0.307 e. The molecule has 0 atom stereocenters. The van der Waals surface area contributed by atoms with E-state index in [0.29, 0.717) is 12.0 Å². The van der Waals surface area contributed by atoms with Crippen LogP contribution in [0.4, 0.5) is 5.69 Å². The van der Waals surface area contributed by atoms with E-state index >= 15 is 0 Å². The number of piperidine rings is 1. The van der Waals surface area contributed by atoms with Crippen LogP contribution in [-0.2, 0) is 11.2 Å². The van der Waals surface area contributed by atoms with Crippen LogP contribution in [0.3, 0.4) is 0 Å². The molecule has 0 aromatic carbocycles. The summed E-state index contributed by atoms with van der Waals surface area (Å²) < 4.78 is 5.80. The molecule has 0 unspecified atom stereocenters. The zero-order valence-corrected chi connectivity index (χ0v) is 19.3. The number of aryl methyl sites for hydroxylation is 1. The zero-order valence-electron chi connectivity index (χ0n) is 19.3. The van der Waals surface area contributed by atoms with Gasteiger partial charge in [-0.1, -0.05) is 33.6 Å². The molecule has 0 bridgehead atoms. The van der Waals surface area contributed by atoms with Crippen molar-refractivity contribution < 1.29 is 14.6 Å². The molecule has 0 spiro atoms. The Morgan fingerprint density at radius 3 is 2.52 bits per heavy atom. The zero-order chi connectivity index (χ0) is 22.4. The molecule has 1 N–H and O–H groups in total. The Kier molecular flexibility index (Phi) is 7.52. The third kappa shape index (κ3) is 5.96. The number of ether oxygens (including phenoxy) is 1. The van der Waals surface area contributed by atoms with E-state index in [4.69, 9.17) is 4.74 Å². The number of pyridine rings is 2. The van der Waals surface area contributed by atoms with Gasteiger partial charge in [0.05, 0.1) is 30.6 Å². The molecule has 2 aromatic heterocycles. The van der Waals surface area contributed by atoms with Crippen molar-refractivity contribution >= 4 is 11.7 Å². The molecular formula is C25H35N3O3. The van der Waals surface area contributed by atoms with Crippen LogP contribution in [0.15, 0.2) is 24.5 Å². The minimum atomic E-state index is -0.843. The molecule has 2 aromatic rings. The first-order chi connectivity index (χ1) is 14.8. The third-order valence-electron chi connectivity index (χ3n) is 6.16. The van der Waals surface area contributed by atoms with Gasteiger partial charge in [0, 0.05) is 36.1 Å². The number of hydrogen-bond donors (Lipinski definition) is 1. The quantitative estimate of drug-likeness (QED) is 0.551. The summed E-state index contributed by atoms with van der Waals surface area (Å²) >= 11 is 0. The van der Waals surface area contributed by atoms with Crippen LogP contribution in [-0.4, -0.2) is 40.7 Å². The fourth-order valence-electron chi connectivity index (χ4n) is 4.05. The third-order valence-corrected chi connectivity index (χ3v) is 6.16. The van der Waals surface area contributed by atoms with Gasteiger partial charge in [-0.05, 0) is 43.7 Å². The Morgan fingerprint density at radius 1 is 1.16 bits per heavy atom. The predicted octanol–water partition coefficient (Wildman–Crippen LogP) is 5.27. The van der Waals surface area contributed by atoms with Crippen LogP contribution in [0.2, 0.25) is 0 Å². The Hall–Kier alpha value is -2.63. The SMILES string of the molecule is CCCCCOc1ccc(-c2cnc(C)c(CC(=O)O)c2N2CCC(C)(C)CC2)nc1. The van der Waals surface area contributed by atoms with Crippen molar-refractivity contribution in [2.45, 2.75) is 66.2 Å². The topological polar surface area (TPSA) is 75.6 Å². The summed E-state index contributed by atoms with van der Waals surface area (Å²) in [5.74, 6) is -0.0867. The number of carboxylic acid groups (broad SMARTS) is 1. The second-order valence-corrected chi connectivity index (χ2v) is 9.24. The molecule has 3 rings (SSSR count). The lowest BCUT2D eigenvalue weighted by atomic mass is 9.82. The molecule has 0 saturated carbocycles. The molecule has 0 amide bonds. The molecule has 6 nitrogen and oxygen atoms in total. The van der Waals surface area contributed by atoms with Crippen LogP contribution >= 0.6 is 0 Å². The molecular weight excluding hydrogens is 390 g/mol. The lowest BCUT2D eigenvalue weighted by molar-refractivity contribution is -0.136. The highest BCUT2D eigenvalue weighted by Gasteiger charge is 2.29. The molecule has 1 fully saturated rings. The maximum atomic E-state index is 11.6. The van der Waals surface area contributed by atoms with Gasteiger partial charge in [0.1, 0.15) is 5.75 Å². The normalized spacial score (nSPS) is 15.7. The molecule has 0 radical (unpaired) electrons. The van der Waals surface area contributed by atoms with Gasteiger partial charge in [0.25, 0.3) is 0 Å². The Balaban J connectivity index is 1.93. The van der Waals surface area contributed by atoms with Crippen molar-refractivity contribution in [3.8, 4) is 17.0 Å². The van der Waals surface area contributed by atoms with E-state index in [9.17, 15) is 9.90 Å². The number of nitrogens with zero attached hydrogens (tertiary/aromatic N) is 3. The van der Waals surface area contributed by atoms with Crippen molar-refractivity contribution in [1.29, 1.82) is 0 Å². The summed E-state index contributed by atoms with van der Waals surface area (Å²) in [6.45, 7) is 11.1. The molecule has 6 heteroatoms. The van der Waals surface area contributed by atoms with Crippen molar-refractivity contribution in [2.24, 2.45) is 5.41 Å². The number of carboxylic acids is 1. The van der Waals surface area contributed by atoms with Crippen molar-refractivity contribution in [3.05, 3.63) is 35.8 Å². The lowest BCUT2D eigenvalue weighted by Crippen LogP contribution is -2.38. The van der Waals surface area contributed by atoms with Gasteiger partial charge in [0.15, 0.2) is 0 Å². The highest BCUT2D eigenvalue weighted by Crippen LogP contribution is 2.39. The van der Waals surface area contributed by atoms with Gasteiger partial charge in [-0.2, -0.15) is 0 Å². The van der Waals surface area contributed by atoms with Gasteiger partial charge in [-0.15, -0.1) is 0 Å². The average molecular weight is 426 g/mol. The molecule has 1 aliphatic rings. The van der Waals surface area contributed by atoms with E-state index < -0.39 is 5.97 Å². The van der Waals surface area contributed by atoms with Gasteiger partial charge in [-0.3, -0.25) is 14.8 Å². The summed E-state index contributed by atoms with van der Waals surface area (Å²) in [4.78, 5) is 23.1. The summed E-state index contributed by atoms with van der Waals surface area (Å²) in [5.41, 5.74) is 4.50. The summed E-state index contributed by atoms with van der Waals surface area (Å²) in [7, 11) is 0. The number of aliphatic carboxylic acids is 1. The summed E-state index contributed by atoms with van der Waals surface area (Å²) in [6, 6.07) is 3.89. The predicted molar refractivity (Wildman–Crippen MR) is 124 cm³/mol. The van der Waals surface area contributed by atoms with Crippen molar-refractivity contribution in [1.82, 2.24) is 9.97 Å². The van der Waals surface area contributed by atoms with E-state index in [-0.39, 0.29) is 6.42 Å². The van der Waals surface area contributed by atoms with Crippen LogP contribution < -0.4 is 9.64 Å². The first-order valence-electron chi connectivity index (χ1n) is 11.3. The van der Waals surface area contributed by atoms with Crippen LogP contribution in [0, 0.1) is 12.3 Å². The first kappa shape index (κ1) is 23.0. The standard InChI is InChI=1S/C25H35N3O3/c1-5-6-7-14-31-19-8-9-22(27-16-19)21-17-26-18(2)20(15-23(29)30)24(21)28-12-10-25(3,4)11-13-28/h8-9,16-17H,5-7,10-15H2,1-4H3,(H,29,30). The highest BCUT2D eigenvalue weighted by molar-refractivity contribution is 5.83. The number of rotatable bonds is 9. The average Bonchev–Trinajstić information content (AvgIpc) is 2.73. The highest BCUT2D eigenvalue weighted by atomic mass is 16.5. The second-order valence-electron chi connectivity index (χ2n) is 9.24. The van der Waals surface area contributed by atoms with E-state index in [1.165, 1.54) is 0 Å². The maximum absolute atomic E-state index is 11.6. The van der Waals surface area contributed by atoms with E-state index in [2.05, 4.69) is 35.6 Å². The Bertz CT molecular complexity index is 884. The summed E-state index contributed by atoms with van der Waals surface area (Å²) in [5, 5.41) is 9.54. The Labute approximate surface area is 185 Å². The molecule has 168 valence electrons. The second kappa shape index (κ2) is 10.1. The molecule has 31 heavy (non-hydrogen) atoms. The molecule has 0 aliphatic carbocycles. The van der Waals surface area contributed by atoms with Gasteiger partial charge in [-0.25, -0.2) is 0 Å². The number of carbonyl (C=O) groups is 1. The first-order valence-corrected chi connectivity index (χ1v) is 11.3. The maximum Gasteiger partial charge on any atom is 0.307 e. The van der Waals surface area contributed by atoms with Crippen LogP contribution in [0.1, 0.15) is 64.1 Å². The van der Waals surface area contributed by atoms with Gasteiger partial charge >= 0.3 is 5.97 Å². The van der Waals surface area contributed by atoms with Gasteiger partial charge < -0.3 is 14.7 Å². The number of aromatic nitrogens is 2. The van der Waals surface area contributed by atoms with Crippen molar-refractivity contribution in [2.75, 3.05) is 24.6 Å². The van der Waals surface area contributed by atoms with E-state index in [1.807, 2.05) is 25.3 Å². The number of hydrogen-bond acceptors (Lipinski definition) is 5. The van der Waals surface area contributed by atoms with E-state index in [1.54, 1.807) is 6.20 Å². The monoisotopic (exact) mass is 425 g/mol.